The van der Waals surface area contributed by atoms with E-state index in [1.165, 1.54) is 13.2 Å². The van der Waals surface area contributed by atoms with Gasteiger partial charge in [0.15, 0.2) is 0 Å². The molecule has 0 N–H and O–H groups in total. The van der Waals surface area contributed by atoms with E-state index in [1.807, 2.05) is 24.3 Å². The molecule has 0 spiro atoms. The zero-order valence-corrected chi connectivity index (χ0v) is 12.2. The standard InChI is InChI=1S/C16H16ClFO2/c1-19-12-7-8-13(15(18)10-12)14(17)9-11-5-3-4-6-16(11)20-2/h3-8,10,14H,9H2,1-2H3. The van der Waals surface area contributed by atoms with Crippen molar-refractivity contribution in [3.8, 4) is 11.5 Å². The number of methoxy groups -OCH3 is 2. The summed E-state index contributed by atoms with van der Waals surface area (Å²) in [5.41, 5.74) is 1.41. The van der Waals surface area contributed by atoms with Gasteiger partial charge in [0.2, 0.25) is 0 Å². The van der Waals surface area contributed by atoms with Gasteiger partial charge >= 0.3 is 0 Å². The van der Waals surface area contributed by atoms with E-state index in [0.29, 0.717) is 17.7 Å². The van der Waals surface area contributed by atoms with Crippen LogP contribution in [-0.4, -0.2) is 14.2 Å². The van der Waals surface area contributed by atoms with Crippen LogP contribution in [0.15, 0.2) is 42.5 Å². The molecule has 0 aliphatic rings. The average molecular weight is 295 g/mol. The maximum absolute atomic E-state index is 14.0. The number of hydrogen-bond donors (Lipinski definition) is 0. The van der Waals surface area contributed by atoms with Crippen LogP contribution in [-0.2, 0) is 6.42 Å². The summed E-state index contributed by atoms with van der Waals surface area (Å²) < 4.78 is 24.2. The molecule has 0 bridgehead atoms. The Kier molecular flexibility index (Phi) is 4.85. The van der Waals surface area contributed by atoms with E-state index in [-0.39, 0.29) is 5.82 Å². The van der Waals surface area contributed by atoms with Crippen molar-refractivity contribution in [2.45, 2.75) is 11.8 Å². The van der Waals surface area contributed by atoms with E-state index in [1.54, 1.807) is 19.2 Å². The Morgan fingerprint density at radius 2 is 1.85 bits per heavy atom. The minimum atomic E-state index is -0.461. The molecule has 1 unspecified atom stereocenters. The van der Waals surface area contributed by atoms with Crippen LogP contribution in [0.4, 0.5) is 4.39 Å². The zero-order valence-electron chi connectivity index (χ0n) is 11.4. The Labute approximate surface area is 123 Å². The van der Waals surface area contributed by atoms with E-state index in [4.69, 9.17) is 21.1 Å². The Bertz CT molecular complexity index is 586. The predicted molar refractivity (Wildman–Crippen MR) is 78.2 cm³/mol. The molecule has 0 aliphatic heterocycles. The Morgan fingerprint density at radius 1 is 1.10 bits per heavy atom. The Morgan fingerprint density at radius 3 is 2.50 bits per heavy atom. The molecule has 106 valence electrons. The van der Waals surface area contributed by atoms with Crippen LogP contribution >= 0.6 is 11.6 Å². The van der Waals surface area contributed by atoms with Gasteiger partial charge in [-0.3, -0.25) is 0 Å². The van der Waals surface area contributed by atoms with Gasteiger partial charge in [-0.1, -0.05) is 24.3 Å². The first-order valence-electron chi connectivity index (χ1n) is 6.25. The molecule has 0 aromatic heterocycles. The van der Waals surface area contributed by atoms with Crippen LogP contribution in [0, 0.1) is 5.82 Å². The molecule has 2 aromatic carbocycles. The first-order valence-corrected chi connectivity index (χ1v) is 6.68. The molecule has 0 heterocycles. The first kappa shape index (κ1) is 14.7. The van der Waals surface area contributed by atoms with Crippen molar-refractivity contribution < 1.29 is 13.9 Å². The number of hydrogen-bond acceptors (Lipinski definition) is 2. The van der Waals surface area contributed by atoms with E-state index in [0.717, 1.165) is 11.3 Å². The number of halogens is 2. The van der Waals surface area contributed by atoms with Crippen molar-refractivity contribution in [3.63, 3.8) is 0 Å². The summed E-state index contributed by atoms with van der Waals surface area (Å²) in [5.74, 6) is 0.874. The fraction of sp³-hybridized carbons (Fsp3) is 0.250. The molecule has 20 heavy (non-hydrogen) atoms. The quantitative estimate of drug-likeness (QED) is 0.763. The second-order valence-electron chi connectivity index (χ2n) is 4.37. The second kappa shape index (κ2) is 6.62. The molecule has 2 rings (SSSR count). The van der Waals surface area contributed by atoms with Gasteiger partial charge < -0.3 is 9.47 Å². The fourth-order valence-corrected chi connectivity index (χ4v) is 2.41. The number of benzene rings is 2. The van der Waals surface area contributed by atoms with Crippen molar-refractivity contribution in [2.24, 2.45) is 0 Å². The van der Waals surface area contributed by atoms with Gasteiger partial charge in [0, 0.05) is 11.6 Å². The third-order valence-electron chi connectivity index (χ3n) is 3.14. The van der Waals surface area contributed by atoms with E-state index < -0.39 is 5.38 Å². The maximum Gasteiger partial charge on any atom is 0.131 e. The lowest BCUT2D eigenvalue weighted by Gasteiger charge is -2.14. The summed E-state index contributed by atoms with van der Waals surface area (Å²) >= 11 is 6.33. The van der Waals surface area contributed by atoms with Crippen molar-refractivity contribution in [1.82, 2.24) is 0 Å². The third kappa shape index (κ3) is 3.23. The van der Waals surface area contributed by atoms with Crippen LogP contribution in [0.25, 0.3) is 0 Å². The second-order valence-corrected chi connectivity index (χ2v) is 4.90. The van der Waals surface area contributed by atoms with Crippen molar-refractivity contribution in [1.29, 1.82) is 0 Å². The highest BCUT2D eigenvalue weighted by Crippen LogP contribution is 2.32. The minimum absolute atomic E-state index is 0.362. The molecule has 2 aromatic rings. The molecule has 0 saturated heterocycles. The first-order chi connectivity index (χ1) is 9.65. The van der Waals surface area contributed by atoms with Crippen LogP contribution < -0.4 is 9.47 Å². The van der Waals surface area contributed by atoms with E-state index >= 15 is 0 Å². The summed E-state index contributed by atoms with van der Waals surface area (Å²) in [6, 6.07) is 12.3. The summed E-state index contributed by atoms with van der Waals surface area (Å²) in [7, 11) is 3.11. The van der Waals surface area contributed by atoms with Crippen molar-refractivity contribution >= 4 is 11.6 Å². The minimum Gasteiger partial charge on any atom is -0.497 e. The van der Waals surface area contributed by atoms with Gasteiger partial charge in [0.05, 0.1) is 19.6 Å². The van der Waals surface area contributed by atoms with Crippen LogP contribution in [0.1, 0.15) is 16.5 Å². The van der Waals surface area contributed by atoms with E-state index in [9.17, 15) is 4.39 Å². The van der Waals surface area contributed by atoms with Gasteiger partial charge in [-0.2, -0.15) is 0 Å². The zero-order chi connectivity index (χ0) is 14.5. The highest BCUT2D eigenvalue weighted by atomic mass is 35.5. The van der Waals surface area contributed by atoms with Crippen LogP contribution in [0.5, 0.6) is 11.5 Å². The molecule has 0 fully saturated rings. The van der Waals surface area contributed by atoms with Gasteiger partial charge in [-0.25, -0.2) is 4.39 Å². The summed E-state index contributed by atoms with van der Waals surface area (Å²) in [6.45, 7) is 0. The average Bonchev–Trinajstić information content (AvgIpc) is 2.47. The SMILES string of the molecule is COc1ccc(C(Cl)Cc2ccccc2OC)c(F)c1. The molecule has 0 radical (unpaired) electrons. The highest BCUT2D eigenvalue weighted by molar-refractivity contribution is 6.21. The van der Waals surface area contributed by atoms with Crippen LogP contribution in [0.3, 0.4) is 0 Å². The highest BCUT2D eigenvalue weighted by Gasteiger charge is 2.16. The summed E-state index contributed by atoms with van der Waals surface area (Å²) in [6.07, 6.45) is 0.495. The maximum atomic E-state index is 14.0. The number of ether oxygens (including phenoxy) is 2. The monoisotopic (exact) mass is 294 g/mol. The van der Waals surface area contributed by atoms with Crippen LogP contribution in [0.2, 0.25) is 0 Å². The predicted octanol–water partition coefficient (Wildman–Crippen LogP) is 4.37. The normalized spacial score (nSPS) is 12.0. The van der Waals surface area contributed by atoms with Gasteiger partial charge in [-0.05, 0) is 24.1 Å². The fourth-order valence-electron chi connectivity index (χ4n) is 2.06. The van der Waals surface area contributed by atoms with E-state index in [2.05, 4.69) is 0 Å². The molecule has 2 nitrogen and oxygen atoms in total. The van der Waals surface area contributed by atoms with Gasteiger partial charge in [-0.15, -0.1) is 11.6 Å². The number of alkyl halides is 1. The largest absolute Gasteiger partial charge is 0.497 e. The molecular formula is C16H16ClFO2. The topological polar surface area (TPSA) is 18.5 Å². The molecular weight excluding hydrogens is 279 g/mol. The Hall–Kier alpha value is -1.74. The summed E-state index contributed by atoms with van der Waals surface area (Å²) in [4.78, 5) is 0. The van der Waals surface area contributed by atoms with Crippen molar-refractivity contribution in [3.05, 3.63) is 59.4 Å². The molecule has 0 aliphatic carbocycles. The third-order valence-corrected chi connectivity index (χ3v) is 3.53. The van der Waals surface area contributed by atoms with Gasteiger partial charge in [0.25, 0.3) is 0 Å². The lowest BCUT2D eigenvalue weighted by molar-refractivity contribution is 0.408. The smallest absolute Gasteiger partial charge is 0.131 e. The molecule has 4 heteroatoms. The lowest BCUT2D eigenvalue weighted by atomic mass is 10.0. The lowest BCUT2D eigenvalue weighted by Crippen LogP contribution is -2.01. The number of para-hydroxylation sites is 1. The Balaban J connectivity index is 2.21. The summed E-state index contributed by atoms with van der Waals surface area (Å²) in [5, 5.41) is -0.461. The number of rotatable bonds is 5. The van der Waals surface area contributed by atoms with Crippen molar-refractivity contribution in [2.75, 3.05) is 14.2 Å². The molecule has 1 atom stereocenters. The van der Waals surface area contributed by atoms with Gasteiger partial charge in [0.1, 0.15) is 17.3 Å². The molecule has 0 amide bonds. The molecule has 0 saturated carbocycles.